The van der Waals surface area contributed by atoms with Gasteiger partial charge in [-0.2, -0.15) is 5.26 Å². The van der Waals surface area contributed by atoms with Crippen LogP contribution < -0.4 is 15.0 Å². The molecule has 1 aliphatic rings. The molecule has 0 bridgehead atoms. The minimum absolute atomic E-state index is 0.132. The fourth-order valence-corrected chi connectivity index (χ4v) is 4.36. The molecule has 0 spiro atoms. The second-order valence-electron chi connectivity index (χ2n) is 8.05. The van der Waals surface area contributed by atoms with Gasteiger partial charge in [0.2, 0.25) is 0 Å². The van der Waals surface area contributed by atoms with E-state index in [4.69, 9.17) is 16.3 Å². The van der Waals surface area contributed by atoms with Gasteiger partial charge < -0.3 is 25.2 Å². The third-order valence-electron chi connectivity index (χ3n) is 5.75. The van der Waals surface area contributed by atoms with Gasteiger partial charge in [-0.1, -0.05) is 17.7 Å². The molecule has 3 aromatic rings. The Morgan fingerprint density at radius 1 is 1.25 bits per heavy atom. The molecule has 8 nitrogen and oxygen atoms in total. The Morgan fingerprint density at radius 3 is 2.75 bits per heavy atom. The lowest BCUT2D eigenvalue weighted by atomic mass is 9.96. The Labute approximate surface area is 191 Å². The van der Waals surface area contributed by atoms with Gasteiger partial charge in [-0.05, 0) is 42.8 Å². The number of fused-ring (bicyclic) bond motifs is 1. The molecular weight excluding hydrogens is 430 g/mol. The average molecular weight is 454 g/mol. The summed E-state index contributed by atoms with van der Waals surface area (Å²) in [4.78, 5) is 2.03. The van der Waals surface area contributed by atoms with E-state index in [9.17, 15) is 15.5 Å². The lowest BCUT2D eigenvalue weighted by Crippen LogP contribution is -2.49. The zero-order chi connectivity index (χ0) is 22.9. The highest BCUT2D eigenvalue weighted by Crippen LogP contribution is 2.35. The molecular formula is C23H24ClN5O3. The smallest absolute Gasteiger partial charge is 0.166 e. The average Bonchev–Trinajstić information content (AvgIpc) is 2.77. The molecule has 166 valence electrons. The van der Waals surface area contributed by atoms with Gasteiger partial charge in [-0.25, -0.2) is 0 Å². The fraction of sp³-hybridized carbons (Fsp3) is 0.348. The summed E-state index contributed by atoms with van der Waals surface area (Å²) in [6.07, 6.45) is 0.430. The third-order valence-corrected chi connectivity index (χ3v) is 6.04. The maximum atomic E-state index is 10.00. The second-order valence-corrected chi connectivity index (χ2v) is 8.45. The zero-order valence-electron chi connectivity index (χ0n) is 17.8. The van der Waals surface area contributed by atoms with Crippen LogP contribution in [0.4, 0.5) is 11.6 Å². The molecule has 4 rings (SSSR count). The van der Waals surface area contributed by atoms with Crippen molar-refractivity contribution in [3.63, 3.8) is 0 Å². The van der Waals surface area contributed by atoms with E-state index >= 15 is 0 Å². The van der Waals surface area contributed by atoms with Crippen LogP contribution in [0.3, 0.4) is 0 Å². The summed E-state index contributed by atoms with van der Waals surface area (Å²) < 4.78 is 5.20. The number of nitrogens with zero attached hydrogens (tertiary/aromatic N) is 4. The van der Waals surface area contributed by atoms with Gasteiger partial charge in [0.1, 0.15) is 5.75 Å². The molecule has 32 heavy (non-hydrogen) atoms. The van der Waals surface area contributed by atoms with Gasteiger partial charge in [0.05, 0.1) is 23.8 Å². The number of ether oxygens (including phenoxy) is 1. The third kappa shape index (κ3) is 4.41. The van der Waals surface area contributed by atoms with Gasteiger partial charge in [-0.15, -0.1) is 10.2 Å². The van der Waals surface area contributed by atoms with Crippen LogP contribution in [0.25, 0.3) is 10.8 Å². The van der Waals surface area contributed by atoms with Gasteiger partial charge in [0.25, 0.3) is 0 Å². The zero-order valence-corrected chi connectivity index (χ0v) is 18.6. The quantitative estimate of drug-likeness (QED) is 0.503. The van der Waals surface area contributed by atoms with Crippen molar-refractivity contribution in [1.82, 2.24) is 10.2 Å². The molecule has 1 fully saturated rings. The lowest BCUT2D eigenvalue weighted by Gasteiger charge is -2.40. The number of benzene rings is 2. The molecule has 1 unspecified atom stereocenters. The van der Waals surface area contributed by atoms with Crippen molar-refractivity contribution in [1.29, 1.82) is 5.26 Å². The van der Waals surface area contributed by atoms with Crippen molar-refractivity contribution in [3.05, 3.63) is 52.5 Å². The maximum absolute atomic E-state index is 10.00. The SMILES string of the molecule is COc1ccc(CNc2nnc(N3CCC(O)(O)CC3C)c3ccc(C#N)cc23)cc1Cl. The van der Waals surface area contributed by atoms with Crippen LogP contribution in [-0.4, -0.2) is 45.9 Å². The highest BCUT2D eigenvalue weighted by Gasteiger charge is 2.35. The van der Waals surface area contributed by atoms with Crippen molar-refractivity contribution in [2.24, 2.45) is 0 Å². The first-order valence-corrected chi connectivity index (χ1v) is 10.7. The topological polar surface area (TPSA) is 115 Å². The largest absolute Gasteiger partial charge is 0.495 e. The summed E-state index contributed by atoms with van der Waals surface area (Å²) in [7, 11) is 1.57. The lowest BCUT2D eigenvalue weighted by molar-refractivity contribution is -0.178. The highest BCUT2D eigenvalue weighted by molar-refractivity contribution is 6.32. The predicted octanol–water partition coefficient (Wildman–Crippen LogP) is 3.45. The van der Waals surface area contributed by atoms with Crippen LogP contribution in [0.5, 0.6) is 5.75 Å². The first-order chi connectivity index (χ1) is 15.3. The van der Waals surface area contributed by atoms with E-state index in [0.717, 1.165) is 16.3 Å². The van der Waals surface area contributed by atoms with Crippen LogP contribution in [0.15, 0.2) is 36.4 Å². The molecule has 0 amide bonds. The molecule has 2 heterocycles. The minimum Gasteiger partial charge on any atom is -0.495 e. The van der Waals surface area contributed by atoms with Crippen LogP contribution in [-0.2, 0) is 6.54 Å². The fourth-order valence-electron chi connectivity index (χ4n) is 4.08. The van der Waals surface area contributed by atoms with E-state index in [2.05, 4.69) is 21.6 Å². The summed E-state index contributed by atoms with van der Waals surface area (Å²) >= 11 is 6.23. The molecule has 1 atom stereocenters. The number of hydrogen-bond acceptors (Lipinski definition) is 8. The summed E-state index contributed by atoms with van der Waals surface area (Å²) in [5.41, 5.74) is 1.46. The van der Waals surface area contributed by atoms with Crippen LogP contribution in [0.2, 0.25) is 5.02 Å². The number of piperidine rings is 1. The van der Waals surface area contributed by atoms with Crippen molar-refractivity contribution >= 4 is 34.0 Å². The molecule has 0 saturated carbocycles. The number of nitrogens with one attached hydrogen (secondary N) is 1. The van der Waals surface area contributed by atoms with E-state index in [1.54, 1.807) is 25.3 Å². The summed E-state index contributed by atoms with van der Waals surface area (Å²) in [6.45, 7) is 2.83. The molecule has 1 aromatic heterocycles. The van der Waals surface area contributed by atoms with E-state index in [0.29, 0.717) is 41.1 Å². The number of halogens is 1. The molecule has 2 aromatic carbocycles. The van der Waals surface area contributed by atoms with Crippen molar-refractivity contribution < 1.29 is 14.9 Å². The van der Waals surface area contributed by atoms with E-state index < -0.39 is 5.79 Å². The number of nitriles is 1. The standard InChI is InChI=1S/C23H24ClN5O3/c1-14-11-23(30,31)7-8-29(14)22-17-5-3-15(12-25)9-18(17)21(27-28-22)26-13-16-4-6-20(32-2)19(24)10-16/h3-6,9-10,14,30-31H,7-8,11,13H2,1-2H3,(H,26,27). The van der Waals surface area contributed by atoms with Crippen molar-refractivity contribution in [2.45, 2.75) is 38.1 Å². The first kappa shape index (κ1) is 22.1. The molecule has 1 saturated heterocycles. The Morgan fingerprint density at radius 2 is 2.06 bits per heavy atom. The first-order valence-electron chi connectivity index (χ1n) is 10.3. The van der Waals surface area contributed by atoms with Gasteiger partial charge in [0, 0.05) is 42.7 Å². The maximum Gasteiger partial charge on any atom is 0.166 e. The Bertz CT molecular complexity index is 1190. The summed E-state index contributed by atoms with van der Waals surface area (Å²) in [5.74, 6) is 0.143. The number of anilines is 2. The van der Waals surface area contributed by atoms with Crippen molar-refractivity contribution in [2.75, 3.05) is 23.9 Å². The van der Waals surface area contributed by atoms with E-state index in [1.165, 1.54) is 0 Å². The monoisotopic (exact) mass is 453 g/mol. The number of hydrogen-bond donors (Lipinski definition) is 3. The number of aliphatic hydroxyl groups is 2. The summed E-state index contributed by atoms with van der Waals surface area (Å²) in [6, 6.07) is 13.0. The number of aromatic nitrogens is 2. The highest BCUT2D eigenvalue weighted by atomic mass is 35.5. The molecule has 1 aliphatic heterocycles. The number of methoxy groups -OCH3 is 1. The normalized spacial score (nSPS) is 17.8. The minimum atomic E-state index is -1.67. The van der Waals surface area contributed by atoms with Crippen LogP contribution in [0, 0.1) is 11.3 Å². The van der Waals surface area contributed by atoms with E-state index in [1.807, 2.05) is 30.0 Å². The molecule has 3 N–H and O–H groups in total. The number of rotatable bonds is 5. The Kier molecular flexibility index (Phi) is 6.07. The Balaban J connectivity index is 1.67. The van der Waals surface area contributed by atoms with Crippen LogP contribution in [0.1, 0.15) is 30.9 Å². The predicted molar refractivity (Wildman–Crippen MR) is 123 cm³/mol. The Hall–Kier alpha value is -3.12. The summed E-state index contributed by atoms with van der Waals surface area (Å²) in [5, 5.41) is 43.7. The molecule has 0 radical (unpaired) electrons. The van der Waals surface area contributed by atoms with Crippen LogP contribution >= 0.6 is 11.6 Å². The molecule has 9 heteroatoms. The molecule has 0 aliphatic carbocycles. The van der Waals surface area contributed by atoms with E-state index in [-0.39, 0.29) is 18.9 Å². The van der Waals surface area contributed by atoms with Crippen molar-refractivity contribution in [3.8, 4) is 11.8 Å². The van der Waals surface area contributed by atoms with Gasteiger partial charge >= 0.3 is 0 Å². The van der Waals surface area contributed by atoms with Gasteiger partial charge in [-0.3, -0.25) is 0 Å². The second kappa shape index (κ2) is 8.79. The van der Waals surface area contributed by atoms with Gasteiger partial charge in [0.15, 0.2) is 17.4 Å².